The highest BCUT2D eigenvalue weighted by molar-refractivity contribution is 7.89. The highest BCUT2D eigenvalue weighted by atomic mass is 32.2. The molecule has 4 rings (SSSR count). The van der Waals surface area contributed by atoms with Gasteiger partial charge >= 0.3 is 6.18 Å². The van der Waals surface area contributed by atoms with Gasteiger partial charge in [-0.25, -0.2) is 8.42 Å². The molecule has 0 spiro atoms. The Morgan fingerprint density at radius 2 is 1.62 bits per heavy atom. The molecule has 1 aromatic heterocycles. The first-order chi connectivity index (χ1) is 15.7. The Labute approximate surface area is 196 Å². The highest BCUT2D eigenvalue weighted by Crippen LogP contribution is 2.37. The highest BCUT2D eigenvalue weighted by Gasteiger charge is 2.37. The molecule has 0 bridgehead atoms. The lowest BCUT2D eigenvalue weighted by Crippen LogP contribution is -2.50. The number of halogens is 3. The number of amides is 1. The van der Waals surface area contributed by atoms with Crippen LogP contribution in [0.4, 0.5) is 13.2 Å². The zero-order valence-corrected chi connectivity index (χ0v) is 19.9. The quantitative estimate of drug-likeness (QED) is 0.701. The van der Waals surface area contributed by atoms with Gasteiger partial charge < -0.3 is 9.88 Å². The van der Waals surface area contributed by atoms with Crippen molar-refractivity contribution in [3.63, 3.8) is 0 Å². The molecule has 2 aliphatic rings. The van der Waals surface area contributed by atoms with Gasteiger partial charge in [0, 0.05) is 43.9 Å². The van der Waals surface area contributed by atoms with Crippen LogP contribution >= 0.6 is 0 Å². The fourth-order valence-corrected chi connectivity index (χ4v) is 6.12. The minimum atomic E-state index is -4.55. The van der Waals surface area contributed by atoms with Crippen molar-refractivity contribution in [2.45, 2.75) is 44.7 Å². The predicted molar refractivity (Wildman–Crippen MR) is 118 cm³/mol. The lowest BCUT2D eigenvalue weighted by atomic mass is 9.75. The number of hydrogen-bond acceptors (Lipinski definition) is 4. The summed E-state index contributed by atoms with van der Waals surface area (Å²) < 4.78 is 65.2. The standard InChI is InChI=1S/C23H26F3N3O4S/c1-14-19-17(12-22(2,3)13-18(19)30)27-20(14)21(31)28-8-10-29(11-9-28)34(32,33)16-6-4-15(5-7-16)23(24,25)26/h4-7,27H,8-13H2,1-3H3. The average Bonchev–Trinajstić information content (AvgIpc) is 3.08. The van der Waals surface area contributed by atoms with E-state index >= 15 is 0 Å². The van der Waals surface area contributed by atoms with Crippen LogP contribution in [0.3, 0.4) is 0 Å². The lowest BCUT2D eigenvalue weighted by Gasteiger charge is -2.34. The van der Waals surface area contributed by atoms with Crippen molar-refractivity contribution >= 4 is 21.7 Å². The largest absolute Gasteiger partial charge is 0.416 e. The molecule has 11 heteroatoms. The number of nitrogens with zero attached hydrogens (tertiary/aromatic N) is 2. The van der Waals surface area contributed by atoms with Gasteiger partial charge in [-0.1, -0.05) is 13.8 Å². The third kappa shape index (κ3) is 4.38. The SMILES string of the molecule is Cc1c(C(=O)N2CCN(S(=O)(=O)c3ccc(C(F)(F)F)cc3)CC2)[nH]c2c1C(=O)CC(C)(C)C2. The van der Waals surface area contributed by atoms with Crippen molar-refractivity contribution in [2.75, 3.05) is 26.2 Å². The number of aromatic amines is 1. The Bertz CT molecular complexity index is 1240. The van der Waals surface area contributed by atoms with E-state index in [9.17, 15) is 31.2 Å². The number of benzene rings is 1. The van der Waals surface area contributed by atoms with Crippen LogP contribution in [-0.4, -0.2) is 60.5 Å². The molecule has 1 fully saturated rings. The topological polar surface area (TPSA) is 90.6 Å². The number of H-pyrrole nitrogens is 1. The molecule has 7 nitrogen and oxygen atoms in total. The van der Waals surface area contributed by atoms with E-state index in [4.69, 9.17) is 0 Å². The minimum Gasteiger partial charge on any atom is -0.354 e. The molecule has 2 heterocycles. The Kier molecular flexibility index (Phi) is 5.92. The second-order valence-corrected chi connectivity index (χ2v) is 11.6. The van der Waals surface area contributed by atoms with Crippen molar-refractivity contribution in [2.24, 2.45) is 5.41 Å². The molecule has 2 aromatic rings. The fraction of sp³-hybridized carbons (Fsp3) is 0.478. The van der Waals surface area contributed by atoms with Crippen LogP contribution in [-0.2, 0) is 22.6 Å². The molecule has 1 saturated heterocycles. The molecule has 1 aromatic carbocycles. The number of hydrogen-bond donors (Lipinski definition) is 1. The zero-order valence-electron chi connectivity index (χ0n) is 19.1. The van der Waals surface area contributed by atoms with E-state index in [-0.39, 0.29) is 48.2 Å². The lowest BCUT2D eigenvalue weighted by molar-refractivity contribution is -0.137. The first-order valence-electron chi connectivity index (χ1n) is 10.9. The van der Waals surface area contributed by atoms with Crippen molar-refractivity contribution in [3.05, 3.63) is 52.3 Å². The summed E-state index contributed by atoms with van der Waals surface area (Å²) in [7, 11) is -3.99. The second-order valence-electron chi connectivity index (χ2n) is 9.64. The van der Waals surface area contributed by atoms with E-state index < -0.39 is 21.8 Å². The molecule has 1 amide bonds. The Hall–Kier alpha value is -2.66. The monoisotopic (exact) mass is 497 g/mol. The van der Waals surface area contributed by atoms with Gasteiger partial charge in [0.15, 0.2) is 5.78 Å². The summed E-state index contributed by atoms with van der Waals surface area (Å²) in [6.45, 7) is 6.03. The second kappa shape index (κ2) is 8.23. The third-order valence-electron chi connectivity index (χ3n) is 6.46. The van der Waals surface area contributed by atoms with E-state index in [1.165, 1.54) is 4.90 Å². The van der Waals surface area contributed by atoms with Gasteiger partial charge in [-0.15, -0.1) is 0 Å². The number of ketones is 1. The van der Waals surface area contributed by atoms with Crippen molar-refractivity contribution in [1.29, 1.82) is 0 Å². The molecule has 0 radical (unpaired) electrons. The summed E-state index contributed by atoms with van der Waals surface area (Å²) in [6, 6.07) is 3.37. The summed E-state index contributed by atoms with van der Waals surface area (Å²) in [5.41, 5.74) is 1.17. The molecular formula is C23H26F3N3O4S. The molecule has 0 saturated carbocycles. The number of carbonyl (C=O) groups excluding carboxylic acids is 2. The Balaban J connectivity index is 1.47. The van der Waals surface area contributed by atoms with Crippen LogP contribution in [0.5, 0.6) is 0 Å². The molecule has 184 valence electrons. The van der Waals surface area contributed by atoms with Crippen molar-refractivity contribution in [3.8, 4) is 0 Å². The van der Waals surface area contributed by atoms with E-state index in [1.54, 1.807) is 6.92 Å². The summed E-state index contributed by atoms with van der Waals surface area (Å²) in [5.74, 6) is -0.296. The van der Waals surface area contributed by atoms with E-state index in [1.807, 2.05) is 13.8 Å². The van der Waals surface area contributed by atoms with Crippen LogP contribution in [0, 0.1) is 12.3 Å². The number of rotatable bonds is 3. The van der Waals surface area contributed by atoms with Gasteiger partial charge in [0.05, 0.1) is 10.5 Å². The molecule has 1 N–H and O–H groups in total. The van der Waals surface area contributed by atoms with Gasteiger partial charge in [0.1, 0.15) is 5.69 Å². The number of aromatic nitrogens is 1. The molecule has 0 unspecified atom stereocenters. The fourth-order valence-electron chi connectivity index (χ4n) is 4.70. The van der Waals surface area contributed by atoms with E-state index in [0.717, 1.165) is 34.3 Å². The minimum absolute atomic E-state index is 0.00602. The molecule has 0 atom stereocenters. The van der Waals surface area contributed by atoms with E-state index in [0.29, 0.717) is 29.7 Å². The van der Waals surface area contributed by atoms with Crippen LogP contribution in [0.15, 0.2) is 29.2 Å². The first-order valence-corrected chi connectivity index (χ1v) is 12.4. The number of sulfonamides is 1. The van der Waals surface area contributed by atoms with Gasteiger partial charge in [-0.3, -0.25) is 9.59 Å². The molecule has 34 heavy (non-hydrogen) atoms. The number of carbonyl (C=O) groups is 2. The maximum atomic E-state index is 13.2. The number of alkyl halides is 3. The van der Waals surface area contributed by atoms with Crippen LogP contribution in [0.25, 0.3) is 0 Å². The Morgan fingerprint density at radius 3 is 2.18 bits per heavy atom. The summed E-state index contributed by atoms with van der Waals surface area (Å²) in [4.78, 5) is 30.2. The number of Topliss-reactive ketones (excluding diaryl/α,β-unsaturated/α-hetero) is 1. The first kappa shape index (κ1) is 24.5. The molecule has 1 aliphatic carbocycles. The molecule has 1 aliphatic heterocycles. The predicted octanol–water partition coefficient (Wildman–Crippen LogP) is 3.64. The zero-order chi connectivity index (χ0) is 25.1. The number of piperazine rings is 1. The van der Waals surface area contributed by atoms with Crippen molar-refractivity contribution in [1.82, 2.24) is 14.2 Å². The third-order valence-corrected chi connectivity index (χ3v) is 8.37. The van der Waals surface area contributed by atoms with E-state index in [2.05, 4.69) is 4.98 Å². The maximum absolute atomic E-state index is 13.2. The van der Waals surface area contributed by atoms with Crippen LogP contribution < -0.4 is 0 Å². The number of nitrogens with one attached hydrogen (secondary N) is 1. The average molecular weight is 498 g/mol. The summed E-state index contributed by atoms with van der Waals surface area (Å²) in [6.07, 6.45) is -3.49. The van der Waals surface area contributed by atoms with Gasteiger partial charge in [0.25, 0.3) is 5.91 Å². The van der Waals surface area contributed by atoms with Crippen LogP contribution in [0.2, 0.25) is 0 Å². The van der Waals surface area contributed by atoms with Crippen molar-refractivity contribution < 1.29 is 31.2 Å². The van der Waals surface area contributed by atoms with Crippen LogP contribution in [0.1, 0.15) is 57.9 Å². The van der Waals surface area contributed by atoms with Gasteiger partial charge in [-0.05, 0) is 48.6 Å². The molecular weight excluding hydrogens is 471 g/mol. The summed E-state index contributed by atoms with van der Waals surface area (Å²) >= 11 is 0. The van der Waals surface area contributed by atoms with Gasteiger partial charge in [-0.2, -0.15) is 17.5 Å². The summed E-state index contributed by atoms with van der Waals surface area (Å²) in [5, 5.41) is 0. The Morgan fingerprint density at radius 1 is 1.03 bits per heavy atom. The normalized spacial score (nSPS) is 19.2. The number of fused-ring (bicyclic) bond motifs is 1. The van der Waals surface area contributed by atoms with Gasteiger partial charge in [0.2, 0.25) is 10.0 Å². The maximum Gasteiger partial charge on any atom is 0.416 e. The smallest absolute Gasteiger partial charge is 0.354 e.